The van der Waals surface area contributed by atoms with Crippen LogP contribution in [0.15, 0.2) is 12.3 Å². The summed E-state index contributed by atoms with van der Waals surface area (Å²) in [4.78, 5) is 14.2. The molecule has 0 amide bonds. The molecule has 0 atom stereocenters. The Kier molecular flexibility index (Phi) is 2.28. The van der Waals surface area contributed by atoms with Gasteiger partial charge in [0.05, 0.1) is 5.69 Å². The van der Waals surface area contributed by atoms with E-state index in [0.29, 0.717) is 6.42 Å². The van der Waals surface area contributed by atoms with Crippen LogP contribution in [0.4, 0.5) is 5.69 Å². The quantitative estimate of drug-likeness (QED) is 0.685. The average Bonchev–Trinajstić information content (AvgIpc) is 2.04. The summed E-state index contributed by atoms with van der Waals surface area (Å²) in [7, 11) is 0. The number of aryl methyl sites for hydroxylation is 1. The van der Waals surface area contributed by atoms with Gasteiger partial charge in [0.2, 0.25) is 0 Å². The van der Waals surface area contributed by atoms with Crippen molar-refractivity contribution in [3.05, 3.63) is 23.5 Å². The molecule has 12 heavy (non-hydrogen) atoms. The van der Waals surface area contributed by atoms with Gasteiger partial charge in [0.15, 0.2) is 5.69 Å². The third-order valence-electron chi connectivity index (χ3n) is 1.66. The van der Waals surface area contributed by atoms with E-state index in [-0.39, 0.29) is 11.4 Å². The highest BCUT2D eigenvalue weighted by molar-refractivity contribution is 5.91. The lowest BCUT2D eigenvalue weighted by Gasteiger charge is -2.03. The van der Waals surface area contributed by atoms with Crippen LogP contribution in [0, 0.1) is 0 Å². The van der Waals surface area contributed by atoms with Gasteiger partial charge in [-0.3, -0.25) is 0 Å². The van der Waals surface area contributed by atoms with Crippen LogP contribution >= 0.6 is 0 Å². The molecule has 0 aliphatic carbocycles. The Bertz CT molecular complexity index is 310. The van der Waals surface area contributed by atoms with Crippen molar-refractivity contribution >= 4 is 11.7 Å². The molecule has 0 radical (unpaired) electrons. The van der Waals surface area contributed by atoms with Crippen LogP contribution in [0.5, 0.6) is 0 Å². The molecular weight excluding hydrogens is 156 g/mol. The fourth-order valence-corrected chi connectivity index (χ4v) is 0.992. The van der Waals surface area contributed by atoms with Gasteiger partial charge in [-0.1, -0.05) is 6.92 Å². The number of pyridine rings is 1. The van der Waals surface area contributed by atoms with Crippen LogP contribution in [-0.4, -0.2) is 16.1 Å². The zero-order chi connectivity index (χ0) is 9.14. The molecule has 1 aromatic rings. The summed E-state index contributed by atoms with van der Waals surface area (Å²) in [5.41, 5.74) is 6.58. The monoisotopic (exact) mass is 166 g/mol. The number of carboxylic acids is 1. The second-order valence-electron chi connectivity index (χ2n) is 2.39. The van der Waals surface area contributed by atoms with Crippen LogP contribution in [0.3, 0.4) is 0 Å². The zero-order valence-corrected chi connectivity index (χ0v) is 6.74. The Labute approximate surface area is 70.0 Å². The van der Waals surface area contributed by atoms with E-state index in [0.717, 1.165) is 5.56 Å². The lowest BCUT2D eigenvalue weighted by molar-refractivity contribution is 0.0691. The number of aromatic carboxylic acids is 1. The Balaban J connectivity index is 3.23. The molecule has 3 N–H and O–H groups in total. The first-order valence-electron chi connectivity index (χ1n) is 3.63. The van der Waals surface area contributed by atoms with Crippen molar-refractivity contribution in [3.8, 4) is 0 Å². The highest BCUT2D eigenvalue weighted by atomic mass is 16.4. The van der Waals surface area contributed by atoms with Crippen molar-refractivity contribution in [1.82, 2.24) is 4.98 Å². The Morgan fingerprint density at radius 2 is 2.42 bits per heavy atom. The minimum absolute atomic E-state index is 0.0608. The van der Waals surface area contributed by atoms with Gasteiger partial charge in [-0.25, -0.2) is 9.78 Å². The smallest absolute Gasteiger partial charge is 0.356 e. The van der Waals surface area contributed by atoms with E-state index < -0.39 is 5.97 Å². The molecule has 0 saturated heterocycles. The fourth-order valence-electron chi connectivity index (χ4n) is 0.992. The van der Waals surface area contributed by atoms with Crippen LogP contribution < -0.4 is 5.73 Å². The highest BCUT2D eigenvalue weighted by Gasteiger charge is 2.10. The molecule has 1 heterocycles. The van der Waals surface area contributed by atoms with Gasteiger partial charge in [-0.05, 0) is 18.1 Å². The van der Waals surface area contributed by atoms with Crippen molar-refractivity contribution in [3.63, 3.8) is 0 Å². The van der Waals surface area contributed by atoms with E-state index in [9.17, 15) is 4.79 Å². The number of aromatic nitrogens is 1. The molecule has 1 rings (SSSR count). The SMILES string of the molecule is CCc1ccnc(C(=O)O)c1N. The molecule has 0 spiro atoms. The minimum Gasteiger partial charge on any atom is -0.476 e. The first kappa shape index (κ1) is 8.52. The van der Waals surface area contributed by atoms with Gasteiger partial charge < -0.3 is 10.8 Å². The topological polar surface area (TPSA) is 76.2 Å². The number of nitrogen functional groups attached to an aromatic ring is 1. The summed E-state index contributed by atoms with van der Waals surface area (Å²) >= 11 is 0. The number of anilines is 1. The molecule has 4 nitrogen and oxygen atoms in total. The van der Waals surface area contributed by atoms with Crippen LogP contribution in [0.2, 0.25) is 0 Å². The second-order valence-corrected chi connectivity index (χ2v) is 2.39. The second kappa shape index (κ2) is 3.21. The number of nitrogens with two attached hydrogens (primary N) is 1. The molecule has 1 aromatic heterocycles. The first-order chi connectivity index (χ1) is 5.66. The number of hydrogen-bond donors (Lipinski definition) is 2. The summed E-state index contributed by atoms with van der Waals surface area (Å²) in [5.74, 6) is -1.08. The molecule has 0 unspecified atom stereocenters. The summed E-state index contributed by atoms with van der Waals surface area (Å²) in [6, 6.07) is 1.72. The van der Waals surface area contributed by atoms with Crippen molar-refractivity contribution < 1.29 is 9.90 Å². The van der Waals surface area contributed by atoms with Crippen molar-refractivity contribution in [2.45, 2.75) is 13.3 Å². The maximum Gasteiger partial charge on any atom is 0.356 e. The third-order valence-corrected chi connectivity index (χ3v) is 1.66. The molecule has 0 bridgehead atoms. The maximum atomic E-state index is 10.5. The summed E-state index contributed by atoms with van der Waals surface area (Å²) in [6.45, 7) is 1.91. The minimum atomic E-state index is -1.08. The highest BCUT2D eigenvalue weighted by Crippen LogP contribution is 2.14. The molecule has 4 heteroatoms. The molecule has 0 aliphatic rings. The largest absolute Gasteiger partial charge is 0.476 e. The van der Waals surface area contributed by atoms with E-state index >= 15 is 0 Å². The van der Waals surface area contributed by atoms with E-state index in [1.807, 2.05) is 6.92 Å². The number of carbonyl (C=O) groups is 1. The predicted octanol–water partition coefficient (Wildman–Crippen LogP) is 0.924. The summed E-state index contributed by atoms with van der Waals surface area (Å²) < 4.78 is 0. The Morgan fingerprint density at radius 3 is 2.92 bits per heavy atom. The van der Waals surface area contributed by atoms with E-state index in [2.05, 4.69) is 4.98 Å². The molecule has 64 valence electrons. The summed E-state index contributed by atoms with van der Waals surface area (Å²) in [5, 5.41) is 8.64. The molecule has 0 fully saturated rings. The van der Waals surface area contributed by atoms with Gasteiger partial charge in [-0.2, -0.15) is 0 Å². The van der Waals surface area contributed by atoms with Crippen LogP contribution in [0.1, 0.15) is 23.0 Å². The fraction of sp³-hybridized carbons (Fsp3) is 0.250. The first-order valence-corrected chi connectivity index (χ1v) is 3.63. The van der Waals surface area contributed by atoms with Crippen LogP contribution in [0.25, 0.3) is 0 Å². The lowest BCUT2D eigenvalue weighted by atomic mass is 10.1. The Morgan fingerprint density at radius 1 is 1.75 bits per heavy atom. The maximum absolute atomic E-state index is 10.5. The number of rotatable bonds is 2. The number of hydrogen-bond acceptors (Lipinski definition) is 3. The molecule has 0 aromatic carbocycles. The predicted molar refractivity (Wildman–Crippen MR) is 45.0 cm³/mol. The molecular formula is C8H10N2O2. The standard InChI is InChI=1S/C8H10N2O2/c1-2-5-3-4-10-7(6(5)9)8(11)12/h3-4H,2,9H2,1H3,(H,11,12). The zero-order valence-electron chi connectivity index (χ0n) is 6.74. The molecule has 0 saturated carbocycles. The number of nitrogens with zero attached hydrogens (tertiary/aromatic N) is 1. The van der Waals surface area contributed by atoms with Gasteiger partial charge in [0, 0.05) is 6.20 Å². The van der Waals surface area contributed by atoms with Gasteiger partial charge >= 0.3 is 5.97 Å². The van der Waals surface area contributed by atoms with Crippen molar-refractivity contribution in [2.75, 3.05) is 5.73 Å². The van der Waals surface area contributed by atoms with E-state index in [1.165, 1.54) is 6.20 Å². The molecule has 0 aliphatic heterocycles. The third kappa shape index (κ3) is 1.37. The van der Waals surface area contributed by atoms with E-state index in [1.54, 1.807) is 6.07 Å². The van der Waals surface area contributed by atoms with E-state index in [4.69, 9.17) is 10.8 Å². The van der Waals surface area contributed by atoms with Gasteiger partial charge in [0.25, 0.3) is 0 Å². The van der Waals surface area contributed by atoms with Gasteiger partial charge in [0.1, 0.15) is 0 Å². The Hall–Kier alpha value is -1.58. The average molecular weight is 166 g/mol. The van der Waals surface area contributed by atoms with Crippen molar-refractivity contribution in [2.24, 2.45) is 0 Å². The normalized spacial score (nSPS) is 9.75. The summed E-state index contributed by atoms with van der Waals surface area (Å²) in [6.07, 6.45) is 2.17. The number of carboxylic acid groups (broad SMARTS) is 1. The van der Waals surface area contributed by atoms with Crippen LogP contribution in [-0.2, 0) is 6.42 Å². The van der Waals surface area contributed by atoms with Gasteiger partial charge in [-0.15, -0.1) is 0 Å². The lowest BCUT2D eigenvalue weighted by Crippen LogP contribution is -2.07. The van der Waals surface area contributed by atoms with Crippen molar-refractivity contribution in [1.29, 1.82) is 0 Å².